The molecule has 1 aromatic carbocycles. The maximum absolute atomic E-state index is 8.59. The van der Waals surface area contributed by atoms with Gasteiger partial charge in [0.05, 0.1) is 25.4 Å². The molecular weight excluding hydrogens is 174 g/mol. The van der Waals surface area contributed by atoms with Gasteiger partial charge in [0.1, 0.15) is 0 Å². The highest BCUT2D eigenvalue weighted by atomic mass is 15.2. The third-order valence-corrected chi connectivity index (χ3v) is 2.22. The minimum Gasteiger partial charge on any atom is -0.331 e. The molecule has 0 amide bonds. The molecule has 0 N–H and O–H groups in total. The van der Waals surface area contributed by atoms with Crippen molar-refractivity contribution in [2.75, 3.05) is 18.0 Å². The number of rotatable bonds is 2. The van der Waals surface area contributed by atoms with Gasteiger partial charge < -0.3 is 4.90 Å². The van der Waals surface area contributed by atoms with E-state index in [1.807, 2.05) is 30.6 Å². The molecule has 0 unspecified atom stereocenters. The Morgan fingerprint density at radius 1 is 1.50 bits per heavy atom. The van der Waals surface area contributed by atoms with Crippen LogP contribution in [-0.2, 0) is 6.42 Å². The second-order valence-electron chi connectivity index (χ2n) is 3.22. The Hall–Kier alpha value is -1.82. The number of nitrogens with zero attached hydrogens (tertiary/aromatic N) is 3. The van der Waals surface area contributed by atoms with Gasteiger partial charge in [-0.2, -0.15) is 5.26 Å². The molecule has 2 rings (SSSR count). The predicted octanol–water partition coefficient (Wildman–Crippen LogP) is 1.60. The highest BCUT2D eigenvalue weighted by molar-refractivity contribution is 5.81. The van der Waals surface area contributed by atoms with E-state index >= 15 is 0 Å². The Morgan fingerprint density at radius 3 is 3.14 bits per heavy atom. The van der Waals surface area contributed by atoms with E-state index < -0.39 is 0 Å². The van der Waals surface area contributed by atoms with Gasteiger partial charge in [0.15, 0.2) is 0 Å². The van der Waals surface area contributed by atoms with E-state index in [0.717, 1.165) is 24.3 Å². The Labute approximate surface area is 83.3 Å². The van der Waals surface area contributed by atoms with Crippen LogP contribution in [0.1, 0.15) is 5.56 Å². The lowest BCUT2D eigenvalue weighted by molar-refractivity contribution is 1.02. The Bertz CT molecular complexity index is 390. The highest BCUT2D eigenvalue weighted by Crippen LogP contribution is 2.16. The van der Waals surface area contributed by atoms with E-state index in [2.05, 4.69) is 16.0 Å². The van der Waals surface area contributed by atoms with Crippen molar-refractivity contribution < 1.29 is 0 Å². The molecule has 0 aromatic heterocycles. The summed E-state index contributed by atoms with van der Waals surface area (Å²) in [7, 11) is 0. The minimum atomic E-state index is 0.471. The quantitative estimate of drug-likeness (QED) is 0.702. The van der Waals surface area contributed by atoms with E-state index in [1.165, 1.54) is 0 Å². The number of anilines is 1. The number of nitriles is 1. The molecule has 0 aliphatic carbocycles. The Balaban J connectivity index is 2.22. The third-order valence-electron chi connectivity index (χ3n) is 2.22. The fourth-order valence-electron chi connectivity index (χ4n) is 1.51. The lowest BCUT2D eigenvalue weighted by Crippen LogP contribution is -2.18. The molecule has 3 heteroatoms. The lowest BCUT2D eigenvalue weighted by Gasteiger charge is -2.14. The fourth-order valence-corrected chi connectivity index (χ4v) is 1.51. The van der Waals surface area contributed by atoms with Crippen molar-refractivity contribution in [2.45, 2.75) is 6.42 Å². The predicted molar refractivity (Wildman–Crippen MR) is 56.5 cm³/mol. The van der Waals surface area contributed by atoms with Crippen LogP contribution in [0.2, 0.25) is 0 Å². The maximum atomic E-state index is 8.59. The molecule has 0 saturated carbocycles. The van der Waals surface area contributed by atoms with Gasteiger partial charge in [0.25, 0.3) is 0 Å². The van der Waals surface area contributed by atoms with E-state index in [4.69, 9.17) is 5.26 Å². The largest absolute Gasteiger partial charge is 0.331 e. The average Bonchev–Trinajstić information content (AvgIpc) is 2.71. The summed E-state index contributed by atoms with van der Waals surface area (Å²) in [6.45, 7) is 1.80. The molecule has 14 heavy (non-hydrogen) atoms. The van der Waals surface area contributed by atoms with Gasteiger partial charge in [0.2, 0.25) is 0 Å². The molecule has 0 saturated heterocycles. The van der Waals surface area contributed by atoms with Crippen molar-refractivity contribution in [3.63, 3.8) is 0 Å². The SMILES string of the molecule is N#CCc1cccc(N2C=NCC2)c1. The van der Waals surface area contributed by atoms with E-state index in [1.54, 1.807) is 0 Å². The van der Waals surface area contributed by atoms with E-state index in [9.17, 15) is 0 Å². The highest BCUT2D eigenvalue weighted by Gasteiger charge is 2.07. The molecule has 0 fully saturated rings. The molecule has 1 aliphatic rings. The van der Waals surface area contributed by atoms with Crippen LogP contribution in [-0.4, -0.2) is 19.4 Å². The first-order valence-electron chi connectivity index (χ1n) is 4.62. The summed E-state index contributed by atoms with van der Waals surface area (Å²) in [5.41, 5.74) is 2.18. The van der Waals surface area contributed by atoms with Crippen LogP contribution in [0.25, 0.3) is 0 Å². The first-order chi connectivity index (χ1) is 6.90. The van der Waals surface area contributed by atoms with Crippen LogP contribution < -0.4 is 4.90 Å². The van der Waals surface area contributed by atoms with Gasteiger partial charge >= 0.3 is 0 Å². The van der Waals surface area contributed by atoms with Gasteiger partial charge in [0, 0.05) is 12.2 Å². The first-order valence-corrected chi connectivity index (χ1v) is 4.62. The van der Waals surface area contributed by atoms with Crippen molar-refractivity contribution in [3.8, 4) is 6.07 Å². The minimum absolute atomic E-state index is 0.471. The van der Waals surface area contributed by atoms with Crippen LogP contribution in [0.3, 0.4) is 0 Å². The van der Waals surface area contributed by atoms with Gasteiger partial charge in [-0.3, -0.25) is 4.99 Å². The van der Waals surface area contributed by atoms with Gasteiger partial charge in [-0.05, 0) is 17.7 Å². The molecule has 1 aromatic rings. The van der Waals surface area contributed by atoms with E-state index in [0.29, 0.717) is 6.42 Å². The third kappa shape index (κ3) is 1.74. The monoisotopic (exact) mass is 185 g/mol. The molecule has 1 aliphatic heterocycles. The number of hydrogen-bond donors (Lipinski definition) is 0. The lowest BCUT2D eigenvalue weighted by atomic mass is 10.1. The summed E-state index contributed by atoms with van der Waals surface area (Å²) in [5.74, 6) is 0. The zero-order valence-electron chi connectivity index (χ0n) is 7.85. The molecule has 70 valence electrons. The van der Waals surface area contributed by atoms with Gasteiger partial charge in [-0.15, -0.1) is 0 Å². The van der Waals surface area contributed by atoms with Crippen molar-refractivity contribution in [3.05, 3.63) is 29.8 Å². The summed E-state index contributed by atoms with van der Waals surface area (Å²) >= 11 is 0. The van der Waals surface area contributed by atoms with Gasteiger partial charge in [-0.25, -0.2) is 0 Å². The zero-order chi connectivity index (χ0) is 9.80. The van der Waals surface area contributed by atoms with Gasteiger partial charge in [-0.1, -0.05) is 12.1 Å². The normalized spacial score (nSPS) is 14.4. The molecule has 0 bridgehead atoms. The summed E-state index contributed by atoms with van der Waals surface area (Å²) in [4.78, 5) is 6.25. The topological polar surface area (TPSA) is 39.4 Å². The second-order valence-corrected chi connectivity index (χ2v) is 3.22. The van der Waals surface area contributed by atoms with Crippen LogP contribution >= 0.6 is 0 Å². The summed E-state index contributed by atoms with van der Waals surface area (Å²) in [5, 5.41) is 8.59. The molecule has 3 nitrogen and oxygen atoms in total. The van der Waals surface area contributed by atoms with Crippen LogP contribution in [0, 0.1) is 11.3 Å². The Morgan fingerprint density at radius 2 is 2.43 bits per heavy atom. The number of hydrogen-bond acceptors (Lipinski definition) is 3. The molecule has 0 spiro atoms. The summed E-state index contributed by atoms with van der Waals surface area (Å²) in [6, 6.07) is 10.2. The molecular formula is C11H11N3. The molecule has 0 atom stereocenters. The van der Waals surface area contributed by atoms with Crippen LogP contribution in [0.15, 0.2) is 29.3 Å². The van der Waals surface area contributed by atoms with Crippen molar-refractivity contribution in [2.24, 2.45) is 4.99 Å². The van der Waals surface area contributed by atoms with E-state index in [-0.39, 0.29) is 0 Å². The number of aliphatic imine (C=N–C) groups is 1. The maximum Gasteiger partial charge on any atom is 0.0895 e. The van der Waals surface area contributed by atoms with Crippen molar-refractivity contribution in [1.82, 2.24) is 0 Å². The Kier molecular flexibility index (Phi) is 2.46. The van der Waals surface area contributed by atoms with Crippen molar-refractivity contribution >= 4 is 12.0 Å². The average molecular weight is 185 g/mol. The second kappa shape index (κ2) is 3.93. The zero-order valence-corrected chi connectivity index (χ0v) is 7.85. The fraction of sp³-hybridized carbons (Fsp3) is 0.273. The standard InChI is InChI=1S/C11H11N3/c12-5-4-10-2-1-3-11(8-10)14-7-6-13-9-14/h1-3,8-9H,4,6-7H2. The summed E-state index contributed by atoms with van der Waals surface area (Å²) in [6.07, 6.45) is 2.32. The van der Waals surface area contributed by atoms with Crippen LogP contribution in [0.5, 0.6) is 0 Å². The molecule has 1 heterocycles. The first kappa shape index (κ1) is 8.76. The van der Waals surface area contributed by atoms with Crippen molar-refractivity contribution in [1.29, 1.82) is 5.26 Å². The smallest absolute Gasteiger partial charge is 0.0895 e. The summed E-state index contributed by atoms with van der Waals surface area (Å²) < 4.78 is 0. The number of benzene rings is 1. The molecule has 0 radical (unpaired) electrons. The van der Waals surface area contributed by atoms with Crippen LogP contribution in [0.4, 0.5) is 5.69 Å².